The molecule has 0 spiro atoms. The van der Waals surface area contributed by atoms with Gasteiger partial charge in [-0.3, -0.25) is 0 Å². The van der Waals surface area contributed by atoms with Crippen molar-refractivity contribution in [3.8, 4) is 0 Å². The van der Waals surface area contributed by atoms with Gasteiger partial charge in [0.05, 0.1) is 17.0 Å². The largest absolute Gasteiger partial charge is 0.461 e. The molecule has 0 heterocycles. The number of carbonyl (C=O) groups excluding carboxylic acids is 1. The van der Waals surface area contributed by atoms with Gasteiger partial charge in [0.25, 0.3) is 0 Å². The Labute approximate surface area is 199 Å². The Hall–Kier alpha value is -2.00. The molecule has 0 bridgehead atoms. The van der Waals surface area contributed by atoms with Gasteiger partial charge in [-0.25, -0.2) is 17.9 Å². The molecule has 0 fully saturated rings. The highest BCUT2D eigenvalue weighted by atomic mass is 32.2. The van der Waals surface area contributed by atoms with E-state index >= 15 is 0 Å². The minimum atomic E-state index is -3.94. The Balaban J connectivity index is 2.58. The molecule has 0 aliphatic heterocycles. The van der Waals surface area contributed by atoms with E-state index in [-0.39, 0.29) is 16.0 Å². The minimum absolute atomic E-state index is 0.123. The Morgan fingerprint density at radius 1 is 0.970 bits per heavy atom. The monoisotopic (exact) mass is 491 g/mol. The average molecular weight is 492 g/mol. The molecule has 2 aromatic carbocycles. The molecule has 8 heteroatoms. The zero-order valence-corrected chi connectivity index (χ0v) is 22.7. The fraction of sp³-hybridized carbons (Fsp3) is 0.480. The second-order valence-electron chi connectivity index (χ2n) is 10.1. The highest BCUT2D eigenvalue weighted by molar-refractivity contribution is 7.89. The lowest BCUT2D eigenvalue weighted by molar-refractivity contribution is -0.157. The lowest BCUT2D eigenvalue weighted by atomic mass is 10.0. The van der Waals surface area contributed by atoms with Crippen molar-refractivity contribution in [2.45, 2.75) is 82.8 Å². The molecule has 1 N–H and O–H groups in total. The predicted molar refractivity (Wildman–Crippen MR) is 134 cm³/mol. The van der Waals surface area contributed by atoms with E-state index in [9.17, 15) is 13.2 Å². The number of benzene rings is 2. The summed E-state index contributed by atoms with van der Waals surface area (Å²) in [6.45, 7) is 15.7. The highest BCUT2D eigenvalue weighted by Crippen LogP contribution is 2.39. The summed E-state index contributed by atoms with van der Waals surface area (Å²) in [5, 5.41) is -0.194. The molecule has 33 heavy (non-hydrogen) atoms. The van der Waals surface area contributed by atoms with Crippen molar-refractivity contribution in [2.24, 2.45) is 0 Å². The number of rotatable bonds is 9. The van der Waals surface area contributed by atoms with E-state index in [4.69, 9.17) is 9.16 Å². The summed E-state index contributed by atoms with van der Waals surface area (Å²) < 4.78 is 41.5. The third-order valence-corrected chi connectivity index (χ3v) is 11.8. The standard InChI is InChI=1S/C25H37NO5SSi/c1-18(2)30-24(27)23(31-33(7,8)25(4,5)6)22(20-12-10-9-11-13-20)26-32(28,29)21-16-14-19(3)15-17-21/h9-18,22-23,26H,1-8H3. The van der Waals surface area contributed by atoms with E-state index in [1.54, 1.807) is 62.4 Å². The normalized spacial score (nSPS) is 14.7. The molecule has 2 unspecified atom stereocenters. The van der Waals surface area contributed by atoms with E-state index in [0.29, 0.717) is 5.56 Å². The van der Waals surface area contributed by atoms with E-state index in [0.717, 1.165) is 5.56 Å². The summed E-state index contributed by atoms with van der Waals surface area (Å²) in [6, 6.07) is 14.6. The van der Waals surface area contributed by atoms with Crippen LogP contribution in [0.5, 0.6) is 0 Å². The number of ether oxygens (including phenoxy) is 1. The first-order valence-electron chi connectivity index (χ1n) is 11.2. The number of nitrogens with one attached hydrogen (secondary N) is 1. The van der Waals surface area contributed by atoms with Crippen LogP contribution in [0.25, 0.3) is 0 Å². The zero-order chi connectivity index (χ0) is 25.0. The maximum absolute atomic E-state index is 13.3. The molecule has 0 amide bonds. The number of hydrogen-bond acceptors (Lipinski definition) is 5. The zero-order valence-electron chi connectivity index (χ0n) is 20.9. The van der Waals surface area contributed by atoms with E-state index in [2.05, 4.69) is 25.5 Å². The van der Waals surface area contributed by atoms with E-state index < -0.39 is 36.5 Å². The van der Waals surface area contributed by atoms with Gasteiger partial charge in [-0.1, -0.05) is 68.8 Å². The first-order chi connectivity index (χ1) is 15.1. The van der Waals surface area contributed by atoms with Gasteiger partial charge >= 0.3 is 5.97 Å². The number of esters is 1. The van der Waals surface area contributed by atoms with Crippen LogP contribution >= 0.6 is 0 Å². The molecule has 0 aromatic heterocycles. The van der Waals surface area contributed by atoms with Crippen LogP contribution in [0.2, 0.25) is 18.1 Å². The SMILES string of the molecule is Cc1ccc(S(=O)(=O)NC(c2ccccc2)C(O[Si](C)(C)C(C)(C)C)C(=O)OC(C)C)cc1. The Kier molecular flexibility index (Phi) is 8.67. The summed E-state index contributed by atoms with van der Waals surface area (Å²) in [5.41, 5.74) is 1.57. The smallest absolute Gasteiger partial charge is 0.336 e. The summed E-state index contributed by atoms with van der Waals surface area (Å²) in [5.74, 6) is -0.588. The van der Waals surface area contributed by atoms with Crippen LogP contribution in [0.15, 0.2) is 59.5 Å². The Morgan fingerprint density at radius 2 is 1.52 bits per heavy atom. The molecule has 2 atom stereocenters. The third-order valence-electron chi connectivity index (χ3n) is 5.89. The van der Waals surface area contributed by atoms with Crippen LogP contribution in [-0.4, -0.2) is 34.9 Å². The van der Waals surface area contributed by atoms with Crippen molar-refractivity contribution in [3.05, 3.63) is 65.7 Å². The van der Waals surface area contributed by atoms with Crippen LogP contribution < -0.4 is 4.72 Å². The highest BCUT2D eigenvalue weighted by Gasteiger charge is 2.45. The van der Waals surface area contributed by atoms with Crippen LogP contribution in [0.1, 0.15) is 51.8 Å². The lowest BCUT2D eigenvalue weighted by Crippen LogP contribution is -2.51. The molecule has 0 saturated carbocycles. The van der Waals surface area contributed by atoms with Crippen molar-refractivity contribution in [1.29, 1.82) is 0 Å². The van der Waals surface area contributed by atoms with Gasteiger partial charge in [0.1, 0.15) is 0 Å². The quantitative estimate of drug-likeness (QED) is 0.377. The summed E-state index contributed by atoms with van der Waals surface area (Å²) in [6.07, 6.45) is -1.51. The molecule has 2 rings (SSSR count). The van der Waals surface area contributed by atoms with Gasteiger partial charge < -0.3 is 9.16 Å². The second-order valence-corrected chi connectivity index (χ2v) is 16.6. The van der Waals surface area contributed by atoms with Gasteiger partial charge in [-0.05, 0) is 56.6 Å². The maximum atomic E-state index is 13.3. The maximum Gasteiger partial charge on any atom is 0.336 e. The topological polar surface area (TPSA) is 81.7 Å². The molecule has 0 radical (unpaired) electrons. The molecule has 0 aliphatic rings. The minimum Gasteiger partial charge on any atom is -0.461 e. The van der Waals surface area contributed by atoms with Gasteiger partial charge in [-0.2, -0.15) is 0 Å². The van der Waals surface area contributed by atoms with E-state index in [1.807, 2.05) is 26.1 Å². The number of aryl methyl sites for hydroxylation is 1. The van der Waals surface area contributed by atoms with Gasteiger partial charge in [0.15, 0.2) is 14.4 Å². The fourth-order valence-corrected chi connectivity index (χ4v) is 5.41. The van der Waals surface area contributed by atoms with Crippen molar-refractivity contribution in [3.63, 3.8) is 0 Å². The van der Waals surface area contributed by atoms with Crippen LogP contribution in [0.4, 0.5) is 0 Å². The molecule has 2 aromatic rings. The van der Waals surface area contributed by atoms with Crippen LogP contribution in [0.3, 0.4) is 0 Å². The molecule has 0 aliphatic carbocycles. The summed E-state index contributed by atoms with van der Waals surface area (Å²) >= 11 is 0. The first-order valence-corrected chi connectivity index (χ1v) is 15.6. The van der Waals surface area contributed by atoms with Gasteiger partial charge in [0, 0.05) is 0 Å². The van der Waals surface area contributed by atoms with Crippen molar-refractivity contribution < 1.29 is 22.4 Å². The lowest BCUT2D eigenvalue weighted by Gasteiger charge is -2.40. The van der Waals surface area contributed by atoms with Crippen molar-refractivity contribution in [2.75, 3.05) is 0 Å². The van der Waals surface area contributed by atoms with Crippen LogP contribution in [0, 0.1) is 6.92 Å². The molecule has 6 nitrogen and oxygen atoms in total. The van der Waals surface area contributed by atoms with Crippen molar-refractivity contribution in [1.82, 2.24) is 4.72 Å². The van der Waals surface area contributed by atoms with E-state index in [1.165, 1.54) is 0 Å². The molecular weight excluding hydrogens is 454 g/mol. The number of hydrogen-bond donors (Lipinski definition) is 1. The number of sulfonamides is 1. The van der Waals surface area contributed by atoms with Crippen molar-refractivity contribution >= 4 is 24.3 Å². The number of carbonyl (C=O) groups is 1. The third kappa shape index (κ3) is 7.24. The summed E-state index contributed by atoms with van der Waals surface area (Å²) in [4.78, 5) is 13.4. The van der Waals surface area contributed by atoms with Crippen LogP contribution in [-0.2, 0) is 24.0 Å². The fourth-order valence-electron chi connectivity index (χ4n) is 2.96. The second kappa shape index (κ2) is 10.5. The summed E-state index contributed by atoms with van der Waals surface area (Å²) in [7, 11) is -6.42. The van der Waals surface area contributed by atoms with Gasteiger partial charge in [0.2, 0.25) is 10.0 Å². The first kappa shape index (κ1) is 27.2. The predicted octanol–water partition coefficient (Wildman–Crippen LogP) is 5.36. The Bertz CT molecular complexity index is 1030. The molecule has 182 valence electrons. The van der Waals surface area contributed by atoms with Gasteiger partial charge in [-0.15, -0.1) is 0 Å². The average Bonchev–Trinajstić information content (AvgIpc) is 2.70. The molecular formula is C25H37NO5SSi. The molecule has 0 saturated heterocycles. The Morgan fingerprint density at radius 3 is 2.00 bits per heavy atom.